The van der Waals surface area contributed by atoms with Crippen LogP contribution in [0.2, 0.25) is 0 Å². The number of aromatic nitrogens is 4. The van der Waals surface area contributed by atoms with Gasteiger partial charge in [-0.15, -0.1) is 0 Å². The molecular formula is C31H18N4. The molecule has 0 fully saturated rings. The van der Waals surface area contributed by atoms with Crippen LogP contribution in [0.5, 0.6) is 0 Å². The van der Waals surface area contributed by atoms with E-state index in [4.69, 9.17) is 15.0 Å². The second-order valence-corrected chi connectivity index (χ2v) is 9.64. The SMILES string of the molecule is c1ccc2c(c1)Cc1c-2ccc2c1-c1ccc3c4ncccc4n4c5ncccc5nc4c3c1C2. The molecule has 0 atom stereocenters. The molecule has 4 heterocycles. The van der Waals surface area contributed by atoms with Crippen molar-refractivity contribution < 1.29 is 0 Å². The minimum absolute atomic E-state index is 0.881. The van der Waals surface area contributed by atoms with Gasteiger partial charge in [-0.1, -0.05) is 48.5 Å². The maximum Gasteiger partial charge on any atom is 0.165 e. The van der Waals surface area contributed by atoms with E-state index in [-0.39, 0.29) is 0 Å². The van der Waals surface area contributed by atoms with Crippen LogP contribution in [0.3, 0.4) is 0 Å². The number of hydrogen-bond donors (Lipinski definition) is 0. The summed E-state index contributed by atoms with van der Waals surface area (Å²) in [4.78, 5) is 14.6. The quantitative estimate of drug-likeness (QED) is 0.243. The van der Waals surface area contributed by atoms with Crippen LogP contribution in [-0.2, 0) is 12.8 Å². The zero-order valence-corrected chi connectivity index (χ0v) is 18.8. The van der Waals surface area contributed by atoms with E-state index < -0.39 is 0 Å². The lowest BCUT2D eigenvalue weighted by molar-refractivity contribution is 1.22. The van der Waals surface area contributed by atoms with Crippen molar-refractivity contribution in [1.82, 2.24) is 19.4 Å². The van der Waals surface area contributed by atoms with Gasteiger partial charge in [0, 0.05) is 23.2 Å². The Kier molecular flexibility index (Phi) is 3.11. The molecule has 2 aliphatic carbocycles. The van der Waals surface area contributed by atoms with Gasteiger partial charge in [-0.3, -0.25) is 9.38 Å². The largest absolute Gasteiger partial charge is 0.274 e. The molecule has 35 heavy (non-hydrogen) atoms. The van der Waals surface area contributed by atoms with Crippen molar-refractivity contribution >= 4 is 38.6 Å². The van der Waals surface area contributed by atoms with Crippen molar-refractivity contribution in [2.45, 2.75) is 12.8 Å². The number of rotatable bonds is 0. The van der Waals surface area contributed by atoms with Gasteiger partial charge in [0.15, 0.2) is 5.65 Å². The zero-order chi connectivity index (χ0) is 22.7. The normalized spacial score (nSPS) is 13.5. The Bertz CT molecular complexity index is 2070. The average molecular weight is 447 g/mol. The Balaban J connectivity index is 1.44. The molecule has 0 saturated carbocycles. The Labute approximate surface area is 200 Å². The van der Waals surface area contributed by atoms with Crippen molar-refractivity contribution in [3.63, 3.8) is 0 Å². The first kappa shape index (κ1) is 17.8. The first-order valence-electron chi connectivity index (χ1n) is 12.1. The molecule has 7 aromatic rings. The van der Waals surface area contributed by atoms with Crippen molar-refractivity contribution in [3.05, 3.63) is 107 Å². The third-order valence-corrected chi connectivity index (χ3v) is 7.95. The Hall–Kier alpha value is -4.57. The van der Waals surface area contributed by atoms with Gasteiger partial charge in [0.2, 0.25) is 0 Å². The van der Waals surface area contributed by atoms with Crippen LogP contribution in [0.25, 0.3) is 60.9 Å². The highest BCUT2D eigenvalue weighted by Gasteiger charge is 2.30. The fourth-order valence-corrected chi connectivity index (χ4v) is 6.54. The standard InChI is InChI=1S/C31H18N4/c1-2-6-19-17(5-1)15-23-20(19)10-9-18-16-24-21(27(18)23)11-12-22-28(24)31-34-25-7-3-14-33-30(25)35(31)26-8-4-13-32-29(22)26/h1-14H,15-16H2. The van der Waals surface area contributed by atoms with Crippen molar-refractivity contribution in [2.24, 2.45) is 0 Å². The highest BCUT2D eigenvalue weighted by Crippen LogP contribution is 2.50. The summed E-state index contributed by atoms with van der Waals surface area (Å²) in [5.74, 6) is 0. The van der Waals surface area contributed by atoms with E-state index in [2.05, 4.69) is 59.0 Å². The van der Waals surface area contributed by atoms with Gasteiger partial charge in [0.05, 0.1) is 11.0 Å². The minimum Gasteiger partial charge on any atom is -0.274 e. The maximum absolute atomic E-state index is 5.11. The van der Waals surface area contributed by atoms with Gasteiger partial charge in [-0.2, -0.15) is 0 Å². The van der Waals surface area contributed by atoms with Crippen LogP contribution >= 0.6 is 0 Å². The lowest BCUT2D eigenvalue weighted by atomic mass is 9.94. The van der Waals surface area contributed by atoms with E-state index in [1.54, 1.807) is 0 Å². The number of nitrogens with zero attached hydrogens (tertiary/aromatic N) is 4. The van der Waals surface area contributed by atoms with Crippen molar-refractivity contribution in [3.8, 4) is 22.3 Å². The van der Waals surface area contributed by atoms with E-state index in [0.29, 0.717) is 0 Å². The third-order valence-electron chi connectivity index (χ3n) is 7.95. The summed E-state index contributed by atoms with van der Waals surface area (Å²) >= 11 is 0. The molecule has 0 N–H and O–H groups in total. The molecule has 3 aromatic carbocycles. The summed E-state index contributed by atoms with van der Waals surface area (Å²) in [6.07, 6.45) is 5.63. The first-order valence-corrected chi connectivity index (χ1v) is 12.1. The van der Waals surface area contributed by atoms with E-state index >= 15 is 0 Å². The van der Waals surface area contributed by atoms with Crippen LogP contribution < -0.4 is 0 Å². The summed E-state index contributed by atoms with van der Waals surface area (Å²) < 4.78 is 2.20. The lowest BCUT2D eigenvalue weighted by Crippen LogP contribution is -1.96. The first-order chi connectivity index (χ1) is 17.4. The fraction of sp³-hybridized carbons (Fsp3) is 0.0645. The molecule has 9 rings (SSSR count). The molecule has 0 saturated heterocycles. The van der Waals surface area contributed by atoms with Crippen molar-refractivity contribution in [2.75, 3.05) is 0 Å². The minimum atomic E-state index is 0.881. The predicted molar refractivity (Wildman–Crippen MR) is 140 cm³/mol. The zero-order valence-electron chi connectivity index (χ0n) is 18.8. The van der Waals surface area contributed by atoms with Crippen LogP contribution in [0.15, 0.2) is 85.2 Å². The molecular weight excluding hydrogens is 428 g/mol. The smallest absolute Gasteiger partial charge is 0.165 e. The van der Waals surface area contributed by atoms with Gasteiger partial charge in [0.25, 0.3) is 0 Å². The van der Waals surface area contributed by atoms with Gasteiger partial charge in [0.1, 0.15) is 11.2 Å². The number of hydrogen-bond acceptors (Lipinski definition) is 3. The monoisotopic (exact) mass is 446 g/mol. The Morgan fingerprint density at radius 1 is 0.629 bits per heavy atom. The maximum atomic E-state index is 5.11. The topological polar surface area (TPSA) is 43.1 Å². The summed E-state index contributed by atoms with van der Waals surface area (Å²) in [7, 11) is 0. The molecule has 4 aromatic heterocycles. The number of pyridine rings is 3. The van der Waals surface area contributed by atoms with E-state index in [1.807, 2.05) is 30.6 Å². The molecule has 162 valence electrons. The fourth-order valence-electron chi connectivity index (χ4n) is 6.54. The second-order valence-electron chi connectivity index (χ2n) is 9.64. The summed E-state index contributed by atoms with van der Waals surface area (Å²) in [6.45, 7) is 0. The highest BCUT2D eigenvalue weighted by molar-refractivity contribution is 6.15. The van der Waals surface area contributed by atoms with Crippen LogP contribution in [0.1, 0.15) is 22.3 Å². The number of fused-ring (bicyclic) bond motifs is 16. The molecule has 0 unspecified atom stereocenters. The summed E-state index contributed by atoms with van der Waals surface area (Å²) in [5.41, 5.74) is 16.0. The molecule has 2 aliphatic rings. The van der Waals surface area contributed by atoms with Crippen molar-refractivity contribution in [1.29, 1.82) is 0 Å². The Morgan fingerprint density at radius 3 is 2.49 bits per heavy atom. The van der Waals surface area contributed by atoms with E-state index in [9.17, 15) is 0 Å². The molecule has 0 bridgehead atoms. The number of benzene rings is 3. The molecule has 4 heteroatoms. The van der Waals surface area contributed by atoms with Gasteiger partial charge in [-0.05, 0) is 81.6 Å². The third kappa shape index (κ3) is 2.11. The number of imidazole rings is 1. The predicted octanol–water partition coefficient (Wildman–Crippen LogP) is 6.73. The summed E-state index contributed by atoms with van der Waals surface area (Å²) in [6, 6.07) is 26.2. The molecule has 0 aliphatic heterocycles. The highest BCUT2D eigenvalue weighted by atomic mass is 15.1. The Morgan fingerprint density at radius 2 is 1.49 bits per heavy atom. The van der Waals surface area contributed by atoms with Crippen LogP contribution in [0, 0.1) is 0 Å². The van der Waals surface area contributed by atoms with Crippen LogP contribution in [0.4, 0.5) is 0 Å². The van der Waals surface area contributed by atoms with Gasteiger partial charge in [-0.25, -0.2) is 9.97 Å². The van der Waals surface area contributed by atoms with E-state index in [0.717, 1.165) is 46.1 Å². The van der Waals surface area contributed by atoms with Gasteiger partial charge < -0.3 is 0 Å². The van der Waals surface area contributed by atoms with Gasteiger partial charge >= 0.3 is 0 Å². The molecule has 0 radical (unpaired) electrons. The molecule has 0 spiro atoms. The van der Waals surface area contributed by atoms with E-state index in [1.165, 1.54) is 49.9 Å². The molecule has 4 nitrogen and oxygen atoms in total. The lowest BCUT2D eigenvalue weighted by Gasteiger charge is -2.12. The summed E-state index contributed by atoms with van der Waals surface area (Å²) in [5, 5.41) is 2.36. The second kappa shape index (κ2) is 6.10. The average Bonchev–Trinajstić information content (AvgIpc) is 3.59. The molecule has 0 amide bonds. The van der Waals surface area contributed by atoms with Crippen LogP contribution in [-0.4, -0.2) is 19.4 Å².